The summed E-state index contributed by atoms with van der Waals surface area (Å²) in [6.07, 6.45) is 0. The van der Waals surface area contributed by atoms with Gasteiger partial charge in [-0.1, -0.05) is 30.3 Å². The molecule has 1 heterocycles. The van der Waals surface area contributed by atoms with E-state index in [1.54, 1.807) is 29.2 Å². The van der Waals surface area contributed by atoms with Crippen LogP contribution in [-0.4, -0.2) is 56.3 Å². The van der Waals surface area contributed by atoms with E-state index in [0.29, 0.717) is 18.8 Å². The average molecular weight is 428 g/mol. The maximum atomic E-state index is 13.0. The van der Waals surface area contributed by atoms with Gasteiger partial charge in [0.2, 0.25) is 15.9 Å². The van der Waals surface area contributed by atoms with E-state index in [1.807, 2.05) is 30.3 Å². The molecule has 6 nitrogen and oxygen atoms in total. The Hall–Kier alpha value is -2.97. The Bertz CT molecular complexity index is 1160. The number of halogens is 1. The van der Waals surface area contributed by atoms with E-state index < -0.39 is 10.0 Å². The number of amides is 1. The molecule has 1 aliphatic heterocycles. The van der Waals surface area contributed by atoms with E-state index >= 15 is 0 Å². The Morgan fingerprint density at radius 3 is 2.27 bits per heavy atom. The van der Waals surface area contributed by atoms with Gasteiger partial charge in [0.15, 0.2) is 0 Å². The van der Waals surface area contributed by atoms with Crippen molar-refractivity contribution in [3.05, 3.63) is 72.5 Å². The SMILES string of the molecule is O=C(CNc1ccc(F)cc1)N1CCN(S(=O)(=O)c2ccc3ccccc3c2)CC1. The zero-order valence-corrected chi connectivity index (χ0v) is 17.1. The molecule has 156 valence electrons. The molecule has 0 unspecified atom stereocenters. The minimum Gasteiger partial charge on any atom is -0.376 e. The van der Waals surface area contributed by atoms with Crippen LogP contribution in [0.5, 0.6) is 0 Å². The van der Waals surface area contributed by atoms with E-state index in [9.17, 15) is 17.6 Å². The Kier molecular flexibility index (Phi) is 5.69. The van der Waals surface area contributed by atoms with E-state index in [1.165, 1.54) is 16.4 Å². The summed E-state index contributed by atoms with van der Waals surface area (Å²) in [5.41, 5.74) is 0.655. The Balaban J connectivity index is 1.36. The van der Waals surface area contributed by atoms with Crippen LogP contribution in [0, 0.1) is 5.82 Å². The van der Waals surface area contributed by atoms with Crippen molar-refractivity contribution in [2.24, 2.45) is 0 Å². The second-order valence-corrected chi connectivity index (χ2v) is 9.09. The van der Waals surface area contributed by atoms with Crippen LogP contribution >= 0.6 is 0 Å². The first-order valence-corrected chi connectivity index (χ1v) is 11.1. The molecule has 1 N–H and O–H groups in total. The van der Waals surface area contributed by atoms with Gasteiger partial charge in [-0.25, -0.2) is 12.8 Å². The number of piperazine rings is 1. The molecule has 0 aromatic heterocycles. The Morgan fingerprint density at radius 1 is 0.900 bits per heavy atom. The predicted octanol–water partition coefficient (Wildman–Crippen LogP) is 2.92. The summed E-state index contributed by atoms with van der Waals surface area (Å²) in [6, 6.07) is 18.5. The molecule has 1 fully saturated rings. The first-order valence-electron chi connectivity index (χ1n) is 9.70. The number of nitrogens with one attached hydrogen (secondary N) is 1. The number of carbonyl (C=O) groups is 1. The predicted molar refractivity (Wildman–Crippen MR) is 114 cm³/mol. The lowest BCUT2D eigenvalue weighted by atomic mass is 10.1. The van der Waals surface area contributed by atoms with E-state index in [-0.39, 0.29) is 36.3 Å². The number of sulfonamides is 1. The molecule has 1 saturated heterocycles. The summed E-state index contributed by atoms with van der Waals surface area (Å²) in [7, 11) is -3.62. The van der Waals surface area contributed by atoms with E-state index in [2.05, 4.69) is 5.32 Å². The van der Waals surface area contributed by atoms with Crippen LogP contribution < -0.4 is 5.32 Å². The number of hydrogen-bond donors (Lipinski definition) is 1. The summed E-state index contributed by atoms with van der Waals surface area (Å²) in [6.45, 7) is 1.23. The number of fused-ring (bicyclic) bond motifs is 1. The molecule has 3 aromatic carbocycles. The summed E-state index contributed by atoms with van der Waals surface area (Å²) >= 11 is 0. The van der Waals surface area contributed by atoms with Crippen LogP contribution in [0.3, 0.4) is 0 Å². The van der Waals surface area contributed by atoms with Crippen molar-refractivity contribution in [3.8, 4) is 0 Å². The van der Waals surface area contributed by atoms with Gasteiger partial charge in [-0.2, -0.15) is 4.31 Å². The summed E-state index contributed by atoms with van der Waals surface area (Å²) in [5.74, 6) is -0.460. The van der Waals surface area contributed by atoms with Gasteiger partial charge in [0, 0.05) is 31.9 Å². The lowest BCUT2D eigenvalue weighted by molar-refractivity contribution is -0.130. The molecule has 0 aliphatic carbocycles. The molecule has 0 saturated carbocycles. The average Bonchev–Trinajstić information content (AvgIpc) is 2.78. The van der Waals surface area contributed by atoms with Gasteiger partial charge < -0.3 is 10.2 Å². The van der Waals surface area contributed by atoms with Crippen molar-refractivity contribution in [2.75, 3.05) is 38.0 Å². The molecule has 1 aliphatic rings. The number of carbonyl (C=O) groups excluding carboxylic acids is 1. The largest absolute Gasteiger partial charge is 0.376 e. The number of nitrogens with zero attached hydrogens (tertiary/aromatic N) is 2. The highest BCUT2D eigenvalue weighted by molar-refractivity contribution is 7.89. The second-order valence-electron chi connectivity index (χ2n) is 7.15. The quantitative estimate of drug-likeness (QED) is 0.680. The lowest BCUT2D eigenvalue weighted by Gasteiger charge is -2.34. The van der Waals surface area contributed by atoms with Crippen LogP contribution in [-0.2, 0) is 14.8 Å². The number of benzene rings is 3. The highest BCUT2D eigenvalue weighted by Gasteiger charge is 2.30. The van der Waals surface area contributed by atoms with Gasteiger partial charge in [-0.15, -0.1) is 0 Å². The first-order chi connectivity index (χ1) is 14.4. The van der Waals surface area contributed by atoms with Gasteiger partial charge in [-0.3, -0.25) is 4.79 Å². The maximum absolute atomic E-state index is 13.0. The first kappa shape index (κ1) is 20.3. The summed E-state index contributed by atoms with van der Waals surface area (Å²) in [5, 5.41) is 4.82. The molecule has 30 heavy (non-hydrogen) atoms. The Morgan fingerprint density at radius 2 is 1.57 bits per heavy atom. The van der Waals surface area contributed by atoms with Crippen LogP contribution in [0.4, 0.5) is 10.1 Å². The Labute approximate surface area is 175 Å². The molecular formula is C22H22FN3O3S. The van der Waals surface area contributed by atoms with Crippen molar-refractivity contribution in [3.63, 3.8) is 0 Å². The van der Waals surface area contributed by atoms with E-state index in [0.717, 1.165) is 10.8 Å². The standard InChI is InChI=1S/C22H22FN3O3S/c23-19-6-8-20(9-7-19)24-16-22(27)25-11-13-26(14-12-25)30(28,29)21-10-5-17-3-1-2-4-18(17)15-21/h1-10,15,24H,11-14,16H2. The highest BCUT2D eigenvalue weighted by atomic mass is 32.2. The summed E-state index contributed by atoms with van der Waals surface area (Å²) in [4.78, 5) is 14.3. The van der Waals surface area contributed by atoms with Crippen LogP contribution in [0.15, 0.2) is 71.6 Å². The lowest BCUT2D eigenvalue weighted by Crippen LogP contribution is -2.51. The van der Waals surface area contributed by atoms with Crippen molar-refractivity contribution in [2.45, 2.75) is 4.90 Å². The third-order valence-corrected chi connectivity index (χ3v) is 7.13. The fourth-order valence-corrected chi connectivity index (χ4v) is 4.97. The molecule has 0 radical (unpaired) electrons. The van der Waals surface area contributed by atoms with Gasteiger partial charge in [0.05, 0.1) is 11.4 Å². The fourth-order valence-electron chi connectivity index (χ4n) is 3.51. The molecule has 0 bridgehead atoms. The van der Waals surface area contributed by atoms with Crippen molar-refractivity contribution >= 4 is 32.4 Å². The number of rotatable bonds is 5. The zero-order valence-electron chi connectivity index (χ0n) is 16.3. The third kappa shape index (κ3) is 4.29. The highest BCUT2D eigenvalue weighted by Crippen LogP contribution is 2.23. The van der Waals surface area contributed by atoms with Crippen LogP contribution in [0.1, 0.15) is 0 Å². The number of anilines is 1. The van der Waals surface area contributed by atoms with Crippen LogP contribution in [0.25, 0.3) is 10.8 Å². The van der Waals surface area contributed by atoms with Gasteiger partial charge in [-0.05, 0) is 47.2 Å². The van der Waals surface area contributed by atoms with Gasteiger partial charge >= 0.3 is 0 Å². The summed E-state index contributed by atoms with van der Waals surface area (Å²) < 4.78 is 40.4. The topological polar surface area (TPSA) is 69.7 Å². The number of hydrogen-bond acceptors (Lipinski definition) is 4. The smallest absolute Gasteiger partial charge is 0.243 e. The minimum atomic E-state index is -3.62. The molecule has 8 heteroatoms. The van der Waals surface area contributed by atoms with Crippen LogP contribution in [0.2, 0.25) is 0 Å². The third-order valence-electron chi connectivity index (χ3n) is 5.24. The molecule has 3 aromatic rings. The van der Waals surface area contributed by atoms with E-state index in [4.69, 9.17) is 0 Å². The molecular weight excluding hydrogens is 405 g/mol. The second kappa shape index (κ2) is 8.41. The maximum Gasteiger partial charge on any atom is 0.243 e. The zero-order chi connectivity index (χ0) is 21.1. The van der Waals surface area contributed by atoms with Crippen molar-refractivity contribution in [1.29, 1.82) is 0 Å². The van der Waals surface area contributed by atoms with Gasteiger partial charge in [0.25, 0.3) is 0 Å². The van der Waals surface area contributed by atoms with Gasteiger partial charge in [0.1, 0.15) is 5.82 Å². The normalized spacial score (nSPS) is 15.3. The molecule has 1 amide bonds. The molecule has 0 atom stereocenters. The minimum absolute atomic E-state index is 0.0725. The van der Waals surface area contributed by atoms with Crippen molar-refractivity contribution < 1.29 is 17.6 Å². The fraction of sp³-hybridized carbons (Fsp3) is 0.227. The molecule has 4 rings (SSSR count). The monoisotopic (exact) mass is 427 g/mol. The van der Waals surface area contributed by atoms with Crippen molar-refractivity contribution in [1.82, 2.24) is 9.21 Å². The molecule has 0 spiro atoms.